The molecule has 0 unspecified atom stereocenters. The van der Waals surface area contributed by atoms with Crippen LogP contribution in [0.3, 0.4) is 0 Å². The van der Waals surface area contributed by atoms with Gasteiger partial charge in [-0.1, -0.05) is 13.8 Å². The zero-order chi connectivity index (χ0) is 10.0. The van der Waals surface area contributed by atoms with Crippen LogP contribution >= 0.6 is 11.3 Å². The summed E-state index contributed by atoms with van der Waals surface area (Å²) in [6.45, 7) is 9.60. The first-order valence-corrected chi connectivity index (χ1v) is 5.28. The third-order valence-corrected chi connectivity index (χ3v) is 3.16. The summed E-state index contributed by atoms with van der Waals surface area (Å²) in [6.07, 6.45) is 0. The lowest BCUT2D eigenvalue weighted by Crippen LogP contribution is -2.20. The molecule has 13 heavy (non-hydrogen) atoms. The molecule has 0 fully saturated rings. The molecule has 1 aromatic heterocycles. The molecule has 0 aromatic carbocycles. The number of nitrogens with zero attached hydrogens (tertiary/aromatic N) is 2. The largest absolute Gasteiger partial charge is 0.320 e. The van der Waals surface area contributed by atoms with E-state index < -0.39 is 0 Å². The van der Waals surface area contributed by atoms with Crippen molar-refractivity contribution in [1.82, 2.24) is 4.57 Å². The summed E-state index contributed by atoms with van der Waals surface area (Å²) in [5.74, 6) is 5.95. The number of nitrogens with two attached hydrogens (primary N) is 1. The minimum absolute atomic E-state index is 0.623. The van der Waals surface area contributed by atoms with Crippen LogP contribution in [0.5, 0.6) is 0 Å². The van der Waals surface area contributed by atoms with Gasteiger partial charge in [-0.05, 0) is 19.8 Å². The van der Waals surface area contributed by atoms with Gasteiger partial charge in [0.05, 0.1) is 0 Å². The lowest BCUT2D eigenvalue weighted by Gasteiger charge is -2.08. The van der Waals surface area contributed by atoms with E-state index in [-0.39, 0.29) is 0 Å². The molecular formula is C9H17N3S. The van der Waals surface area contributed by atoms with Crippen LogP contribution in [0.25, 0.3) is 0 Å². The minimum atomic E-state index is 0.623. The molecule has 0 saturated carbocycles. The second kappa shape index (κ2) is 3.96. The van der Waals surface area contributed by atoms with Gasteiger partial charge in [0.25, 0.3) is 0 Å². The molecule has 0 atom stereocenters. The van der Waals surface area contributed by atoms with Crippen molar-refractivity contribution >= 4 is 11.3 Å². The second-order valence-electron chi connectivity index (χ2n) is 3.66. The average Bonchev–Trinajstić information content (AvgIpc) is 2.31. The van der Waals surface area contributed by atoms with Crippen molar-refractivity contribution < 1.29 is 0 Å². The molecule has 3 nitrogen and oxygen atoms in total. The van der Waals surface area contributed by atoms with Crippen molar-refractivity contribution in [3.8, 4) is 0 Å². The molecule has 0 aliphatic carbocycles. The molecule has 2 N–H and O–H groups in total. The minimum Gasteiger partial charge on any atom is -0.320 e. The molecule has 1 heterocycles. The van der Waals surface area contributed by atoms with Crippen LogP contribution in [0.4, 0.5) is 0 Å². The van der Waals surface area contributed by atoms with Gasteiger partial charge in [0.1, 0.15) is 0 Å². The van der Waals surface area contributed by atoms with Crippen LogP contribution < -0.4 is 10.6 Å². The van der Waals surface area contributed by atoms with E-state index in [2.05, 4.69) is 37.4 Å². The Bertz CT molecular complexity index is 346. The highest BCUT2D eigenvalue weighted by molar-refractivity contribution is 7.09. The maximum atomic E-state index is 5.32. The fraction of sp³-hybridized carbons (Fsp3) is 0.667. The van der Waals surface area contributed by atoms with Gasteiger partial charge in [-0.25, -0.2) is 0 Å². The van der Waals surface area contributed by atoms with E-state index in [0.29, 0.717) is 5.92 Å². The number of aromatic nitrogens is 1. The van der Waals surface area contributed by atoms with Gasteiger partial charge in [-0.15, -0.1) is 11.3 Å². The Hall–Kier alpha value is -0.770. The normalized spacial score (nSPS) is 12.8. The van der Waals surface area contributed by atoms with E-state index in [1.54, 1.807) is 11.3 Å². The highest BCUT2D eigenvalue weighted by atomic mass is 32.1. The molecule has 0 amide bonds. The Morgan fingerprint density at radius 2 is 2.08 bits per heavy atom. The predicted molar refractivity (Wildman–Crippen MR) is 56.4 cm³/mol. The third kappa shape index (κ3) is 2.12. The monoisotopic (exact) mass is 199 g/mol. The Labute approximate surface area is 82.9 Å². The van der Waals surface area contributed by atoms with E-state index in [9.17, 15) is 0 Å². The van der Waals surface area contributed by atoms with Gasteiger partial charge in [0, 0.05) is 17.1 Å². The fourth-order valence-corrected chi connectivity index (χ4v) is 2.18. The summed E-state index contributed by atoms with van der Waals surface area (Å²) < 4.78 is 2.19. The van der Waals surface area contributed by atoms with Crippen molar-refractivity contribution in [2.75, 3.05) is 0 Å². The summed E-state index contributed by atoms with van der Waals surface area (Å²) in [7, 11) is 0. The molecule has 0 aliphatic heterocycles. The average molecular weight is 199 g/mol. The molecular weight excluding hydrogens is 182 g/mol. The van der Waals surface area contributed by atoms with E-state index in [1.165, 1.54) is 10.6 Å². The van der Waals surface area contributed by atoms with Crippen molar-refractivity contribution in [2.24, 2.45) is 16.9 Å². The van der Waals surface area contributed by atoms with Crippen LogP contribution in [0.2, 0.25) is 0 Å². The van der Waals surface area contributed by atoms with E-state index in [1.807, 2.05) is 0 Å². The Morgan fingerprint density at radius 1 is 1.46 bits per heavy atom. The predicted octanol–water partition coefficient (Wildman–Crippen LogP) is 1.60. The first-order chi connectivity index (χ1) is 6.06. The summed E-state index contributed by atoms with van der Waals surface area (Å²) in [5.41, 5.74) is 1.28. The Kier molecular flexibility index (Phi) is 3.14. The SMILES string of the molecule is Cc1s/c(=N\N)n(CC(C)C)c1C. The van der Waals surface area contributed by atoms with Gasteiger partial charge in [-0.2, -0.15) is 5.10 Å². The van der Waals surface area contributed by atoms with E-state index >= 15 is 0 Å². The van der Waals surface area contributed by atoms with E-state index in [0.717, 1.165) is 11.3 Å². The van der Waals surface area contributed by atoms with Crippen LogP contribution in [-0.2, 0) is 6.54 Å². The van der Waals surface area contributed by atoms with Crippen LogP contribution in [0.15, 0.2) is 5.10 Å². The number of hydrogen-bond acceptors (Lipinski definition) is 3. The van der Waals surface area contributed by atoms with Gasteiger partial charge in [-0.3, -0.25) is 0 Å². The standard InChI is InChI=1S/C9H17N3S/c1-6(2)5-12-7(3)8(4)13-9(12)11-10/h6H,5,10H2,1-4H3/b11-9-. The summed E-state index contributed by atoms with van der Waals surface area (Å²) in [5, 5.41) is 3.79. The zero-order valence-corrected chi connectivity index (χ0v) is 9.48. The molecule has 0 spiro atoms. The molecule has 0 radical (unpaired) electrons. The zero-order valence-electron chi connectivity index (χ0n) is 8.66. The molecule has 0 saturated heterocycles. The van der Waals surface area contributed by atoms with E-state index in [4.69, 9.17) is 5.84 Å². The van der Waals surface area contributed by atoms with Gasteiger partial charge >= 0.3 is 0 Å². The summed E-state index contributed by atoms with van der Waals surface area (Å²) >= 11 is 1.65. The molecule has 0 bridgehead atoms. The number of hydrogen-bond donors (Lipinski definition) is 1. The number of aryl methyl sites for hydroxylation is 1. The van der Waals surface area contributed by atoms with Crippen LogP contribution in [-0.4, -0.2) is 4.57 Å². The highest BCUT2D eigenvalue weighted by Gasteiger charge is 2.06. The first kappa shape index (κ1) is 10.3. The first-order valence-electron chi connectivity index (χ1n) is 4.47. The maximum absolute atomic E-state index is 5.32. The van der Waals surface area contributed by atoms with Crippen molar-refractivity contribution in [3.05, 3.63) is 15.4 Å². The molecule has 0 aliphatic rings. The molecule has 1 aromatic rings. The molecule has 1 rings (SSSR count). The van der Waals surface area contributed by atoms with Gasteiger partial charge in [0.15, 0.2) is 0 Å². The van der Waals surface area contributed by atoms with Gasteiger partial charge in [0.2, 0.25) is 4.80 Å². The molecule has 4 heteroatoms. The maximum Gasteiger partial charge on any atom is 0.207 e. The number of rotatable bonds is 2. The fourth-order valence-electron chi connectivity index (χ4n) is 1.28. The summed E-state index contributed by atoms with van der Waals surface area (Å²) in [4.78, 5) is 2.22. The topological polar surface area (TPSA) is 43.3 Å². The van der Waals surface area contributed by atoms with Crippen LogP contribution in [0.1, 0.15) is 24.4 Å². The second-order valence-corrected chi connectivity index (χ2v) is 4.84. The third-order valence-electron chi connectivity index (χ3n) is 2.05. The van der Waals surface area contributed by atoms with Crippen molar-refractivity contribution in [1.29, 1.82) is 0 Å². The van der Waals surface area contributed by atoms with Crippen molar-refractivity contribution in [2.45, 2.75) is 34.2 Å². The van der Waals surface area contributed by atoms with Crippen molar-refractivity contribution in [3.63, 3.8) is 0 Å². The quantitative estimate of drug-likeness (QED) is 0.570. The smallest absolute Gasteiger partial charge is 0.207 e. The summed E-state index contributed by atoms with van der Waals surface area (Å²) in [6, 6.07) is 0. The lowest BCUT2D eigenvalue weighted by molar-refractivity contribution is 0.504. The van der Waals surface area contributed by atoms with Crippen LogP contribution in [0, 0.1) is 19.8 Å². The lowest BCUT2D eigenvalue weighted by atomic mass is 10.2. The number of thiazole rings is 1. The Morgan fingerprint density at radius 3 is 2.54 bits per heavy atom. The molecule has 74 valence electrons. The van der Waals surface area contributed by atoms with Gasteiger partial charge < -0.3 is 10.4 Å². The Balaban J connectivity index is 3.17. The highest BCUT2D eigenvalue weighted by Crippen LogP contribution is 2.11.